The summed E-state index contributed by atoms with van der Waals surface area (Å²) in [7, 11) is 1.72. The van der Waals surface area contributed by atoms with Crippen molar-refractivity contribution in [2.75, 3.05) is 44.3 Å². The number of nitrogens with one attached hydrogen (secondary N) is 2. The number of fused-ring (bicyclic) bond motifs is 2. The van der Waals surface area contributed by atoms with Gasteiger partial charge in [0, 0.05) is 86.2 Å². The van der Waals surface area contributed by atoms with E-state index in [2.05, 4.69) is 20.1 Å². The Morgan fingerprint density at radius 2 is 1.76 bits per heavy atom. The maximum atomic E-state index is 15.4. The number of benzene rings is 2. The van der Waals surface area contributed by atoms with Crippen LogP contribution in [0.2, 0.25) is 0 Å². The zero-order valence-electron chi connectivity index (χ0n) is 33.5. The summed E-state index contributed by atoms with van der Waals surface area (Å²) in [5.74, 6) is -0.994. The lowest BCUT2D eigenvalue weighted by Gasteiger charge is -2.45. The molecule has 13 nitrogen and oxygen atoms in total. The molecule has 3 aliphatic heterocycles. The topological polar surface area (TPSA) is 147 Å². The molecule has 15 heteroatoms. The maximum Gasteiger partial charge on any atom is 0.405 e. The zero-order chi connectivity index (χ0) is 40.9. The number of likely N-dealkylation sites (tertiary alicyclic amines) is 1. The molecule has 6 heterocycles. The molecule has 2 atom stereocenters. The van der Waals surface area contributed by atoms with E-state index in [1.165, 1.54) is 12.1 Å². The maximum absolute atomic E-state index is 15.4. The van der Waals surface area contributed by atoms with Crippen molar-refractivity contribution in [3.63, 3.8) is 0 Å². The fourth-order valence-electron chi connectivity index (χ4n) is 9.19. The molecular weight excluding hydrogens is 761 g/mol. The number of anilines is 1. The minimum Gasteiger partial charge on any atom is -0.465 e. The minimum absolute atomic E-state index is 0.110. The van der Waals surface area contributed by atoms with Crippen LogP contribution in [0.15, 0.2) is 59.7 Å². The minimum atomic E-state index is -1.56. The van der Waals surface area contributed by atoms with Gasteiger partial charge in [0.2, 0.25) is 5.95 Å². The molecule has 4 fully saturated rings. The summed E-state index contributed by atoms with van der Waals surface area (Å²) in [5.41, 5.74) is 1.27. The summed E-state index contributed by atoms with van der Waals surface area (Å²) >= 11 is 0. The average molecular weight is 812 g/mol. The van der Waals surface area contributed by atoms with Crippen LogP contribution in [-0.4, -0.2) is 99.0 Å². The number of ether oxygens (including phenoxy) is 3. The molecule has 0 bridgehead atoms. The number of aryl methyl sites for hydroxylation is 1. The number of H-pyrrole nitrogens is 1. The Hall–Kier alpha value is -4.96. The number of hydrogen-bond acceptors (Lipinski definition) is 9. The van der Waals surface area contributed by atoms with Gasteiger partial charge in [-0.2, -0.15) is 0 Å². The molecule has 59 heavy (non-hydrogen) atoms. The number of amides is 1. The van der Waals surface area contributed by atoms with Gasteiger partial charge in [-0.3, -0.25) is 4.79 Å². The van der Waals surface area contributed by atoms with Gasteiger partial charge in [-0.1, -0.05) is 6.07 Å². The van der Waals surface area contributed by atoms with Crippen LogP contribution in [0.25, 0.3) is 32.9 Å². The number of pyridine rings is 1. The van der Waals surface area contributed by atoms with Gasteiger partial charge in [-0.05, 0) is 106 Å². The Morgan fingerprint density at radius 3 is 2.46 bits per heavy atom. The first-order valence-corrected chi connectivity index (χ1v) is 20.8. The summed E-state index contributed by atoms with van der Waals surface area (Å²) in [4.78, 5) is 42.7. The quantitative estimate of drug-likeness (QED) is 0.130. The number of carboxylic acid groups (broad SMARTS) is 1. The fraction of sp³-hybridized carbons (Fsp3) is 0.500. The molecule has 2 aromatic carbocycles. The predicted octanol–water partition coefficient (Wildman–Crippen LogP) is 6.81. The third kappa shape index (κ3) is 8.05. The zero-order valence-corrected chi connectivity index (χ0v) is 33.5. The van der Waals surface area contributed by atoms with Crippen LogP contribution in [0.3, 0.4) is 0 Å². The predicted molar refractivity (Wildman–Crippen MR) is 218 cm³/mol. The van der Waals surface area contributed by atoms with Gasteiger partial charge in [-0.15, -0.1) is 0 Å². The van der Waals surface area contributed by atoms with Crippen LogP contribution in [0.4, 0.5) is 19.5 Å². The van der Waals surface area contributed by atoms with Crippen molar-refractivity contribution in [3.05, 3.63) is 88.1 Å². The normalized spacial score (nSPS) is 21.5. The summed E-state index contributed by atoms with van der Waals surface area (Å²) < 4.78 is 51.9. The summed E-state index contributed by atoms with van der Waals surface area (Å²) in [6, 6.07) is 11.6. The van der Waals surface area contributed by atoms with E-state index in [-0.39, 0.29) is 23.8 Å². The smallest absolute Gasteiger partial charge is 0.405 e. The highest BCUT2D eigenvalue weighted by Crippen LogP contribution is 2.45. The van der Waals surface area contributed by atoms with Crippen LogP contribution in [-0.2, 0) is 26.9 Å². The molecule has 4 aliphatic rings. The van der Waals surface area contributed by atoms with E-state index in [1.54, 1.807) is 17.8 Å². The summed E-state index contributed by atoms with van der Waals surface area (Å²) in [5, 5.41) is 13.4. The van der Waals surface area contributed by atoms with Gasteiger partial charge in [0.25, 0.3) is 5.56 Å². The van der Waals surface area contributed by atoms with E-state index in [1.807, 2.05) is 37.4 Å². The average Bonchev–Trinajstić information content (AvgIpc) is 3.91. The Balaban J connectivity index is 1.15. The van der Waals surface area contributed by atoms with Crippen molar-refractivity contribution in [2.24, 2.45) is 7.05 Å². The molecule has 312 valence electrons. The van der Waals surface area contributed by atoms with Crippen LogP contribution < -0.4 is 15.8 Å². The van der Waals surface area contributed by atoms with E-state index >= 15 is 8.78 Å². The highest BCUT2D eigenvalue weighted by molar-refractivity contribution is 5.97. The fourth-order valence-corrected chi connectivity index (χ4v) is 9.19. The van der Waals surface area contributed by atoms with Crippen molar-refractivity contribution in [2.45, 2.75) is 94.3 Å². The van der Waals surface area contributed by atoms with Crippen molar-refractivity contribution in [1.29, 1.82) is 0 Å². The molecular formula is C44H51F2N7O6. The van der Waals surface area contributed by atoms with E-state index in [0.29, 0.717) is 60.2 Å². The molecule has 1 aliphatic carbocycles. The summed E-state index contributed by atoms with van der Waals surface area (Å²) in [6.07, 6.45) is 9.14. The van der Waals surface area contributed by atoms with E-state index in [9.17, 15) is 14.7 Å². The molecule has 0 radical (unpaired) electrons. The number of nitrogens with zero attached hydrogens (tertiary/aromatic N) is 5. The number of aromatic nitrogens is 4. The molecule has 3 aromatic heterocycles. The lowest BCUT2D eigenvalue weighted by Crippen LogP contribution is -2.56. The van der Waals surface area contributed by atoms with Crippen LogP contribution in [0.5, 0.6) is 0 Å². The first-order chi connectivity index (χ1) is 28.5. The third-order valence-corrected chi connectivity index (χ3v) is 12.7. The second kappa shape index (κ2) is 15.9. The lowest BCUT2D eigenvalue weighted by molar-refractivity contribution is -0.197. The largest absolute Gasteiger partial charge is 0.465 e. The number of piperidine rings is 2. The second-order valence-electron chi connectivity index (χ2n) is 17.0. The van der Waals surface area contributed by atoms with Crippen molar-refractivity contribution in [1.82, 2.24) is 29.7 Å². The van der Waals surface area contributed by atoms with E-state index in [4.69, 9.17) is 24.2 Å². The van der Waals surface area contributed by atoms with Gasteiger partial charge in [0.15, 0.2) is 11.9 Å². The number of rotatable bonds is 11. The second-order valence-corrected chi connectivity index (χ2v) is 17.0. The van der Waals surface area contributed by atoms with Crippen molar-refractivity contribution >= 4 is 33.8 Å². The highest BCUT2D eigenvalue weighted by atomic mass is 19.1. The van der Waals surface area contributed by atoms with Crippen LogP contribution >= 0.6 is 0 Å². The first kappa shape index (κ1) is 39.5. The van der Waals surface area contributed by atoms with Crippen molar-refractivity contribution in [3.8, 4) is 11.1 Å². The Labute approximate surface area is 340 Å². The SMILES string of the molecule is Cn1cc(-c2ccc3nc(N4CCC(N5CCC(C)(NC(=O)O)CC5)CC4)nc(C(COC4CCCCO4)(OC4CC4)c4cc(F)cc(F)c4)c3c2)c2cc[nH]c2c1=O. The van der Waals surface area contributed by atoms with Gasteiger partial charge in [0.1, 0.15) is 17.2 Å². The van der Waals surface area contributed by atoms with E-state index < -0.39 is 35.2 Å². The van der Waals surface area contributed by atoms with Gasteiger partial charge in [0.05, 0.1) is 23.9 Å². The molecule has 3 saturated heterocycles. The Morgan fingerprint density at radius 1 is 1.00 bits per heavy atom. The van der Waals surface area contributed by atoms with Crippen LogP contribution in [0, 0.1) is 11.6 Å². The van der Waals surface area contributed by atoms with Gasteiger partial charge in [-0.25, -0.2) is 23.5 Å². The Kier molecular flexibility index (Phi) is 10.6. The molecule has 3 N–H and O–H groups in total. The standard InChI is InChI=1S/C44H51F2N7O6/c1-43(50-42(55)56)13-18-52(19-14-43)31-11-16-53(17-12-31)41-48-36-9-6-27(35-25-51(2)40(54)38-33(35)10-15-47-38)21-34(36)39(49-41)44(59-32-7-8-32,26-58-37-5-3-4-20-57-37)28-22-29(45)24-30(46)23-28/h6,9-10,15,21-25,31-32,37,47,50H,3-5,7-8,11-14,16-20,26H2,1-2H3,(H,55,56). The van der Waals surface area contributed by atoms with Crippen molar-refractivity contribution < 1.29 is 32.9 Å². The molecule has 0 spiro atoms. The number of halogens is 2. The number of aromatic amines is 1. The van der Waals surface area contributed by atoms with Crippen LogP contribution in [0.1, 0.15) is 76.0 Å². The molecule has 1 saturated carbocycles. The molecule has 5 aromatic rings. The molecule has 9 rings (SSSR count). The molecule has 1 amide bonds. The number of hydrogen-bond donors (Lipinski definition) is 3. The Bertz CT molecular complexity index is 2390. The summed E-state index contributed by atoms with van der Waals surface area (Å²) in [6.45, 7) is 5.38. The van der Waals surface area contributed by atoms with Gasteiger partial charge >= 0.3 is 6.09 Å². The lowest BCUT2D eigenvalue weighted by atomic mass is 9.87. The highest BCUT2D eigenvalue weighted by Gasteiger charge is 2.46. The first-order valence-electron chi connectivity index (χ1n) is 20.8. The third-order valence-electron chi connectivity index (χ3n) is 12.7. The number of carbonyl (C=O) groups is 1. The monoisotopic (exact) mass is 811 g/mol. The van der Waals surface area contributed by atoms with Gasteiger partial charge < -0.3 is 44.0 Å². The molecule has 2 unspecified atom stereocenters. The van der Waals surface area contributed by atoms with E-state index in [0.717, 1.165) is 87.0 Å².